The van der Waals surface area contributed by atoms with E-state index in [0.29, 0.717) is 6.42 Å². The summed E-state index contributed by atoms with van der Waals surface area (Å²) in [6.07, 6.45) is 4.14. The first-order valence-corrected chi connectivity index (χ1v) is 5.65. The van der Waals surface area contributed by atoms with Crippen LogP contribution in [0.1, 0.15) is 25.7 Å². The Morgan fingerprint density at radius 3 is 2.75 bits per heavy atom. The lowest BCUT2D eigenvalue weighted by Gasteiger charge is -2.04. The zero-order chi connectivity index (χ0) is 11.7. The predicted octanol–water partition coefficient (Wildman–Crippen LogP) is 1.52. The van der Waals surface area contributed by atoms with Crippen molar-refractivity contribution < 1.29 is 4.39 Å². The van der Waals surface area contributed by atoms with Gasteiger partial charge < -0.3 is 0 Å². The van der Waals surface area contributed by atoms with Crippen LogP contribution in [-0.2, 0) is 6.54 Å². The third kappa shape index (κ3) is 2.35. The molecule has 1 aromatic rings. The highest BCUT2D eigenvalue weighted by atomic mass is 35.5. The lowest BCUT2D eigenvalue weighted by atomic mass is 10.2. The summed E-state index contributed by atoms with van der Waals surface area (Å²) in [5, 5.41) is -0.520. The molecule has 1 saturated carbocycles. The Bertz CT molecular complexity index is 505. The Hall–Kier alpha value is -1.10. The molecular formula is C10H12ClFN2O2. The Morgan fingerprint density at radius 2 is 2.12 bits per heavy atom. The summed E-state index contributed by atoms with van der Waals surface area (Å²) in [6.45, 7) is 0.249. The topological polar surface area (TPSA) is 54.9 Å². The lowest BCUT2D eigenvalue weighted by molar-refractivity contribution is 0.507. The number of H-pyrrole nitrogens is 1. The van der Waals surface area contributed by atoms with Crippen LogP contribution in [-0.4, -0.2) is 9.55 Å². The molecule has 1 aliphatic rings. The van der Waals surface area contributed by atoms with E-state index in [1.165, 1.54) is 12.8 Å². The molecule has 0 radical (unpaired) electrons. The molecule has 0 saturated heterocycles. The van der Waals surface area contributed by atoms with Crippen LogP contribution in [0, 0.1) is 11.7 Å². The highest BCUT2D eigenvalue weighted by Crippen LogP contribution is 2.33. The minimum absolute atomic E-state index is 0.249. The molecule has 0 atom stereocenters. The molecule has 6 heteroatoms. The van der Waals surface area contributed by atoms with Gasteiger partial charge in [-0.15, -0.1) is 0 Å². The second-order valence-electron chi connectivity index (χ2n) is 4.10. The van der Waals surface area contributed by atoms with Gasteiger partial charge in [0.25, 0.3) is 5.56 Å². The van der Waals surface area contributed by atoms with E-state index in [1.807, 2.05) is 0 Å². The second kappa shape index (κ2) is 4.41. The molecule has 0 aliphatic heterocycles. The van der Waals surface area contributed by atoms with Gasteiger partial charge in [0.2, 0.25) is 5.82 Å². The summed E-state index contributed by atoms with van der Waals surface area (Å²) in [5.41, 5.74) is -1.59. The molecule has 1 aromatic heterocycles. The summed E-state index contributed by atoms with van der Waals surface area (Å²) in [5.74, 6) is -0.361. The van der Waals surface area contributed by atoms with Gasteiger partial charge in [0.15, 0.2) is 5.15 Å². The molecular weight excluding hydrogens is 235 g/mol. The van der Waals surface area contributed by atoms with Crippen molar-refractivity contribution in [3.8, 4) is 0 Å². The van der Waals surface area contributed by atoms with Crippen molar-refractivity contribution in [2.75, 3.05) is 0 Å². The maximum atomic E-state index is 13.1. The van der Waals surface area contributed by atoms with Crippen molar-refractivity contribution in [3.05, 3.63) is 31.8 Å². The number of hydrogen-bond acceptors (Lipinski definition) is 2. The fraction of sp³-hybridized carbons (Fsp3) is 0.600. The molecule has 1 N–H and O–H groups in total. The van der Waals surface area contributed by atoms with E-state index >= 15 is 0 Å². The molecule has 4 nitrogen and oxygen atoms in total. The molecule has 0 aromatic carbocycles. The molecule has 1 aliphatic carbocycles. The second-order valence-corrected chi connectivity index (χ2v) is 4.48. The first-order chi connectivity index (χ1) is 7.59. The van der Waals surface area contributed by atoms with E-state index in [0.717, 1.165) is 16.9 Å². The van der Waals surface area contributed by atoms with Gasteiger partial charge >= 0.3 is 5.69 Å². The molecule has 1 fully saturated rings. The highest BCUT2D eigenvalue weighted by Gasteiger charge is 2.20. The molecule has 0 bridgehead atoms. The van der Waals surface area contributed by atoms with Crippen LogP contribution in [0.15, 0.2) is 9.59 Å². The Labute approximate surface area is 96.1 Å². The summed E-state index contributed by atoms with van der Waals surface area (Å²) >= 11 is 5.34. The molecule has 0 spiro atoms. The fourth-order valence-electron chi connectivity index (χ4n) is 1.67. The smallest absolute Gasteiger partial charge is 0.295 e. The van der Waals surface area contributed by atoms with E-state index in [-0.39, 0.29) is 6.54 Å². The molecule has 88 valence electrons. The SMILES string of the molecule is O=c1[nH]c(Cl)c(F)c(=O)n1CCCC1CC1. The van der Waals surface area contributed by atoms with Crippen LogP contribution >= 0.6 is 11.6 Å². The zero-order valence-corrected chi connectivity index (χ0v) is 9.39. The standard InChI is InChI=1S/C10H12ClFN2O2/c11-8-7(12)9(15)14(10(16)13-8)5-1-2-6-3-4-6/h6H,1-5H2,(H,13,16). The average Bonchev–Trinajstić information content (AvgIpc) is 3.04. The van der Waals surface area contributed by atoms with E-state index < -0.39 is 22.2 Å². The van der Waals surface area contributed by atoms with Crippen LogP contribution in [0.25, 0.3) is 0 Å². The van der Waals surface area contributed by atoms with Gasteiger partial charge in [-0.25, -0.2) is 4.79 Å². The van der Waals surface area contributed by atoms with Gasteiger partial charge in [-0.1, -0.05) is 24.4 Å². The largest absolute Gasteiger partial charge is 0.329 e. The van der Waals surface area contributed by atoms with Crippen molar-refractivity contribution >= 4 is 11.6 Å². The van der Waals surface area contributed by atoms with Gasteiger partial charge in [0.05, 0.1) is 0 Å². The minimum Gasteiger partial charge on any atom is -0.295 e. The van der Waals surface area contributed by atoms with Crippen molar-refractivity contribution in [1.82, 2.24) is 9.55 Å². The van der Waals surface area contributed by atoms with Gasteiger partial charge in [-0.05, 0) is 18.8 Å². The van der Waals surface area contributed by atoms with Crippen molar-refractivity contribution in [1.29, 1.82) is 0 Å². The summed E-state index contributed by atoms with van der Waals surface area (Å²) in [4.78, 5) is 24.8. The Kier molecular flexibility index (Phi) is 3.14. The number of nitrogens with zero attached hydrogens (tertiary/aromatic N) is 1. The normalized spacial score (nSPS) is 15.4. The van der Waals surface area contributed by atoms with Gasteiger partial charge in [0, 0.05) is 6.54 Å². The fourth-order valence-corrected chi connectivity index (χ4v) is 1.83. The number of aromatic amines is 1. The maximum Gasteiger partial charge on any atom is 0.329 e. The minimum atomic E-state index is -1.09. The number of aromatic nitrogens is 2. The highest BCUT2D eigenvalue weighted by molar-refractivity contribution is 6.29. The monoisotopic (exact) mass is 246 g/mol. The van der Waals surface area contributed by atoms with E-state index in [4.69, 9.17) is 11.6 Å². The molecule has 2 rings (SSSR count). The lowest BCUT2D eigenvalue weighted by Crippen LogP contribution is -2.37. The summed E-state index contributed by atoms with van der Waals surface area (Å²) in [7, 11) is 0. The van der Waals surface area contributed by atoms with Crippen LogP contribution < -0.4 is 11.2 Å². The number of rotatable bonds is 4. The van der Waals surface area contributed by atoms with E-state index in [1.54, 1.807) is 0 Å². The molecule has 0 unspecified atom stereocenters. The first kappa shape index (κ1) is 11.4. The van der Waals surface area contributed by atoms with Crippen LogP contribution in [0.3, 0.4) is 0 Å². The van der Waals surface area contributed by atoms with Crippen molar-refractivity contribution in [2.45, 2.75) is 32.2 Å². The first-order valence-electron chi connectivity index (χ1n) is 5.27. The summed E-state index contributed by atoms with van der Waals surface area (Å²) < 4.78 is 14.0. The maximum absolute atomic E-state index is 13.1. The third-order valence-electron chi connectivity index (χ3n) is 2.78. The quantitative estimate of drug-likeness (QED) is 0.819. The van der Waals surface area contributed by atoms with Gasteiger partial charge in [-0.2, -0.15) is 4.39 Å². The summed E-state index contributed by atoms with van der Waals surface area (Å²) in [6, 6.07) is 0. The molecule has 0 amide bonds. The van der Waals surface area contributed by atoms with E-state index in [9.17, 15) is 14.0 Å². The van der Waals surface area contributed by atoms with Crippen molar-refractivity contribution in [2.24, 2.45) is 5.92 Å². The van der Waals surface area contributed by atoms with Crippen LogP contribution in [0.4, 0.5) is 4.39 Å². The number of halogens is 2. The van der Waals surface area contributed by atoms with E-state index in [2.05, 4.69) is 4.98 Å². The Morgan fingerprint density at radius 1 is 1.44 bits per heavy atom. The Balaban J connectivity index is 2.15. The predicted molar refractivity (Wildman–Crippen MR) is 58.2 cm³/mol. The number of hydrogen-bond donors (Lipinski definition) is 1. The molecule has 1 heterocycles. The molecule has 16 heavy (non-hydrogen) atoms. The zero-order valence-electron chi connectivity index (χ0n) is 8.63. The van der Waals surface area contributed by atoms with Crippen LogP contribution in [0.2, 0.25) is 5.15 Å². The van der Waals surface area contributed by atoms with Gasteiger partial charge in [-0.3, -0.25) is 14.3 Å². The number of nitrogens with one attached hydrogen (secondary N) is 1. The van der Waals surface area contributed by atoms with Crippen LogP contribution in [0.5, 0.6) is 0 Å². The third-order valence-corrected chi connectivity index (χ3v) is 3.04. The van der Waals surface area contributed by atoms with Crippen molar-refractivity contribution in [3.63, 3.8) is 0 Å². The van der Waals surface area contributed by atoms with Gasteiger partial charge in [0.1, 0.15) is 0 Å². The average molecular weight is 247 g/mol.